The van der Waals surface area contributed by atoms with Crippen molar-refractivity contribution in [1.82, 2.24) is 0 Å². The van der Waals surface area contributed by atoms with E-state index in [4.69, 9.17) is 0 Å². The fourth-order valence-electron chi connectivity index (χ4n) is 3.23. The zero-order chi connectivity index (χ0) is 13.5. The quantitative estimate of drug-likeness (QED) is 0.548. The lowest BCUT2D eigenvalue weighted by molar-refractivity contribution is 1.28. The van der Waals surface area contributed by atoms with Crippen LogP contribution < -0.4 is 0 Å². The minimum absolute atomic E-state index is 1.06. The molecule has 0 bridgehead atoms. The van der Waals surface area contributed by atoms with E-state index in [1.54, 1.807) is 0 Å². The van der Waals surface area contributed by atoms with E-state index in [1.165, 1.54) is 38.6 Å². The number of rotatable bonds is 1. The first kappa shape index (κ1) is 11.5. The van der Waals surface area contributed by atoms with Gasteiger partial charge in [0.2, 0.25) is 0 Å². The molecule has 0 unspecified atom stereocenters. The maximum atomic E-state index is 2.32. The molecule has 0 radical (unpaired) electrons. The van der Waals surface area contributed by atoms with E-state index in [0.29, 0.717) is 0 Å². The first-order valence-electron chi connectivity index (χ1n) is 7.11. The molecule has 0 aliphatic heterocycles. The molecule has 0 nitrogen and oxygen atoms in total. The van der Waals surface area contributed by atoms with Crippen molar-refractivity contribution < 1.29 is 0 Å². The minimum atomic E-state index is 1.06. The van der Waals surface area contributed by atoms with E-state index in [1.807, 2.05) is 0 Å². The fourth-order valence-corrected chi connectivity index (χ4v) is 3.23. The largest absolute Gasteiger partial charge is 0.0795 e. The predicted octanol–water partition coefficient (Wildman–Crippen LogP) is 5.38. The SMILES string of the molecule is Cc1cc2c(c(-c3cccc4ccccc34)c1)C=CC2. The molecule has 3 aromatic rings. The highest BCUT2D eigenvalue weighted by Gasteiger charge is 2.13. The molecule has 0 N–H and O–H groups in total. The minimum Gasteiger partial charge on any atom is -0.0795 e. The van der Waals surface area contributed by atoms with Gasteiger partial charge in [-0.25, -0.2) is 0 Å². The Hall–Kier alpha value is -2.34. The second-order valence-electron chi connectivity index (χ2n) is 5.52. The maximum absolute atomic E-state index is 2.32. The van der Waals surface area contributed by atoms with E-state index < -0.39 is 0 Å². The molecule has 0 saturated carbocycles. The molecule has 0 spiro atoms. The van der Waals surface area contributed by atoms with Crippen LogP contribution in [-0.4, -0.2) is 0 Å². The second-order valence-corrected chi connectivity index (χ2v) is 5.52. The number of allylic oxidation sites excluding steroid dienone is 1. The van der Waals surface area contributed by atoms with Crippen molar-refractivity contribution in [1.29, 1.82) is 0 Å². The summed E-state index contributed by atoms with van der Waals surface area (Å²) in [5.41, 5.74) is 6.90. The first-order valence-corrected chi connectivity index (χ1v) is 7.11. The highest BCUT2D eigenvalue weighted by molar-refractivity contribution is 5.99. The summed E-state index contributed by atoms with van der Waals surface area (Å²) in [7, 11) is 0. The van der Waals surface area contributed by atoms with Crippen molar-refractivity contribution in [2.24, 2.45) is 0 Å². The topological polar surface area (TPSA) is 0 Å². The summed E-state index contributed by atoms with van der Waals surface area (Å²) in [6.45, 7) is 2.19. The van der Waals surface area contributed by atoms with Crippen LogP contribution >= 0.6 is 0 Å². The van der Waals surface area contributed by atoms with E-state index in [9.17, 15) is 0 Å². The van der Waals surface area contributed by atoms with Crippen LogP contribution in [0.15, 0.2) is 60.7 Å². The summed E-state index contributed by atoms with van der Waals surface area (Å²) in [6, 6.07) is 19.8. The van der Waals surface area contributed by atoms with Gasteiger partial charge >= 0.3 is 0 Å². The lowest BCUT2D eigenvalue weighted by Gasteiger charge is -2.12. The van der Waals surface area contributed by atoms with Crippen molar-refractivity contribution in [3.05, 3.63) is 77.4 Å². The van der Waals surface area contributed by atoms with Crippen LogP contribution in [0, 0.1) is 6.92 Å². The van der Waals surface area contributed by atoms with E-state index in [2.05, 4.69) is 73.7 Å². The number of aryl methyl sites for hydroxylation is 1. The van der Waals surface area contributed by atoms with Crippen molar-refractivity contribution >= 4 is 16.8 Å². The predicted molar refractivity (Wildman–Crippen MR) is 86.9 cm³/mol. The normalized spacial score (nSPS) is 12.8. The average Bonchev–Trinajstić information content (AvgIpc) is 2.94. The Morgan fingerprint density at radius 1 is 0.850 bits per heavy atom. The third-order valence-electron chi connectivity index (χ3n) is 4.11. The Bertz CT molecular complexity index is 833. The van der Waals surface area contributed by atoms with Crippen LogP contribution in [0.2, 0.25) is 0 Å². The molecule has 0 atom stereocenters. The molecule has 3 aromatic carbocycles. The second kappa shape index (κ2) is 4.35. The highest BCUT2D eigenvalue weighted by Crippen LogP contribution is 2.36. The van der Waals surface area contributed by atoms with Gasteiger partial charge in [-0.05, 0) is 46.4 Å². The van der Waals surface area contributed by atoms with Crippen LogP contribution in [0.3, 0.4) is 0 Å². The van der Waals surface area contributed by atoms with Crippen LogP contribution in [0.4, 0.5) is 0 Å². The third-order valence-corrected chi connectivity index (χ3v) is 4.11. The molecule has 0 heterocycles. The van der Waals surface area contributed by atoms with E-state index >= 15 is 0 Å². The third kappa shape index (κ3) is 1.69. The van der Waals surface area contributed by atoms with Gasteiger partial charge in [-0.1, -0.05) is 72.3 Å². The zero-order valence-corrected chi connectivity index (χ0v) is 11.6. The summed E-state index contributed by atoms with van der Waals surface area (Å²) in [5, 5.41) is 2.64. The van der Waals surface area contributed by atoms with Gasteiger partial charge in [0, 0.05) is 0 Å². The Kier molecular flexibility index (Phi) is 2.50. The molecular formula is C20H16. The molecule has 1 aliphatic rings. The Balaban J connectivity index is 2.08. The van der Waals surface area contributed by atoms with Crippen molar-refractivity contribution in [2.75, 3.05) is 0 Å². The zero-order valence-electron chi connectivity index (χ0n) is 11.6. The van der Waals surface area contributed by atoms with Gasteiger partial charge in [0.05, 0.1) is 0 Å². The molecule has 0 aromatic heterocycles. The van der Waals surface area contributed by atoms with E-state index in [-0.39, 0.29) is 0 Å². The summed E-state index contributed by atoms with van der Waals surface area (Å²) < 4.78 is 0. The van der Waals surface area contributed by atoms with E-state index in [0.717, 1.165) is 6.42 Å². The first-order chi connectivity index (χ1) is 9.83. The average molecular weight is 256 g/mol. The number of hydrogen-bond donors (Lipinski definition) is 0. The summed E-state index contributed by atoms with van der Waals surface area (Å²) >= 11 is 0. The number of fused-ring (bicyclic) bond motifs is 2. The van der Waals surface area contributed by atoms with Gasteiger partial charge in [-0.3, -0.25) is 0 Å². The molecular weight excluding hydrogens is 240 g/mol. The lowest BCUT2D eigenvalue weighted by Crippen LogP contribution is -1.90. The molecule has 96 valence electrons. The molecule has 0 amide bonds. The van der Waals surface area contributed by atoms with Gasteiger partial charge in [0.1, 0.15) is 0 Å². The van der Waals surface area contributed by atoms with Gasteiger partial charge in [-0.15, -0.1) is 0 Å². The molecule has 0 fully saturated rings. The Labute approximate surface area is 119 Å². The van der Waals surface area contributed by atoms with Crippen molar-refractivity contribution in [3.63, 3.8) is 0 Å². The molecule has 1 aliphatic carbocycles. The highest BCUT2D eigenvalue weighted by atomic mass is 14.2. The maximum Gasteiger partial charge on any atom is -0.00878 e. The van der Waals surface area contributed by atoms with Crippen LogP contribution in [0.1, 0.15) is 16.7 Å². The number of hydrogen-bond acceptors (Lipinski definition) is 0. The molecule has 0 heteroatoms. The molecule has 4 rings (SSSR count). The van der Waals surface area contributed by atoms with Gasteiger partial charge in [0.25, 0.3) is 0 Å². The van der Waals surface area contributed by atoms with Crippen LogP contribution in [-0.2, 0) is 6.42 Å². The van der Waals surface area contributed by atoms with Gasteiger partial charge in [-0.2, -0.15) is 0 Å². The Morgan fingerprint density at radius 2 is 1.70 bits per heavy atom. The number of benzene rings is 3. The summed E-state index contributed by atoms with van der Waals surface area (Å²) in [5.74, 6) is 0. The summed E-state index contributed by atoms with van der Waals surface area (Å²) in [4.78, 5) is 0. The van der Waals surface area contributed by atoms with Gasteiger partial charge in [0.15, 0.2) is 0 Å². The smallest absolute Gasteiger partial charge is 0.00878 e. The fraction of sp³-hybridized carbons (Fsp3) is 0.100. The lowest BCUT2D eigenvalue weighted by atomic mass is 9.91. The monoisotopic (exact) mass is 256 g/mol. The van der Waals surface area contributed by atoms with Crippen molar-refractivity contribution in [3.8, 4) is 11.1 Å². The standard InChI is InChI=1S/C20H16/c1-14-12-16-8-5-10-18(16)20(13-14)19-11-4-7-15-6-2-3-9-17(15)19/h2-7,9-13H,8H2,1H3. The van der Waals surface area contributed by atoms with Crippen LogP contribution in [0.25, 0.3) is 28.0 Å². The molecule has 20 heavy (non-hydrogen) atoms. The Morgan fingerprint density at radius 3 is 2.65 bits per heavy atom. The van der Waals surface area contributed by atoms with Crippen molar-refractivity contribution in [2.45, 2.75) is 13.3 Å². The summed E-state index contributed by atoms with van der Waals surface area (Å²) in [6.07, 6.45) is 5.60. The molecule has 0 saturated heterocycles. The van der Waals surface area contributed by atoms with Crippen LogP contribution in [0.5, 0.6) is 0 Å². The van der Waals surface area contributed by atoms with Gasteiger partial charge < -0.3 is 0 Å².